The van der Waals surface area contributed by atoms with Crippen molar-refractivity contribution in [1.82, 2.24) is 10.2 Å². The molecule has 37 heavy (non-hydrogen) atoms. The maximum atomic E-state index is 13.7. The number of rotatable bonds is 10. The summed E-state index contributed by atoms with van der Waals surface area (Å²) in [5.74, 6) is -1.29. The van der Waals surface area contributed by atoms with Gasteiger partial charge < -0.3 is 30.7 Å². The molecule has 0 radical (unpaired) electrons. The van der Waals surface area contributed by atoms with Crippen LogP contribution in [0, 0.1) is 6.92 Å². The summed E-state index contributed by atoms with van der Waals surface area (Å²) in [5, 5.41) is 5.27. The summed E-state index contributed by atoms with van der Waals surface area (Å²) in [6.07, 6.45) is -1.34. The number of anilines is 1. The van der Waals surface area contributed by atoms with Crippen LogP contribution in [0.25, 0.3) is 0 Å². The minimum atomic E-state index is -1.32. The van der Waals surface area contributed by atoms with Crippen LogP contribution in [0.5, 0.6) is 5.75 Å². The number of ether oxygens (including phenoxy) is 2. The van der Waals surface area contributed by atoms with Crippen LogP contribution >= 0.6 is 0 Å². The Balaban J connectivity index is 2.42. The summed E-state index contributed by atoms with van der Waals surface area (Å²) in [4.78, 5) is 52.7. The van der Waals surface area contributed by atoms with Crippen molar-refractivity contribution in [3.63, 3.8) is 0 Å². The predicted octanol–water partition coefficient (Wildman–Crippen LogP) is 3.30. The fourth-order valence-corrected chi connectivity index (χ4v) is 3.62. The van der Waals surface area contributed by atoms with Crippen molar-refractivity contribution in [2.75, 3.05) is 19.0 Å². The third-order valence-electron chi connectivity index (χ3n) is 5.33. The van der Waals surface area contributed by atoms with Gasteiger partial charge in [0.1, 0.15) is 23.4 Å². The van der Waals surface area contributed by atoms with Crippen molar-refractivity contribution in [1.29, 1.82) is 0 Å². The molecule has 2 unspecified atom stereocenters. The van der Waals surface area contributed by atoms with E-state index < -0.39 is 47.9 Å². The zero-order chi connectivity index (χ0) is 27.8. The number of hydrogen-bond donors (Lipinski definition) is 3. The number of methoxy groups -OCH3 is 1. The second kappa shape index (κ2) is 12.8. The second-order valence-corrected chi connectivity index (χ2v) is 9.52. The number of carbonyl (C=O) groups excluding carboxylic acids is 4. The maximum Gasteiger partial charge on any atom is 0.408 e. The van der Waals surface area contributed by atoms with Crippen LogP contribution < -0.4 is 21.1 Å². The van der Waals surface area contributed by atoms with Gasteiger partial charge in [0.25, 0.3) is 5.91 Å². The van der Waals surface area contributed by atoms with Gasteiger partial charge in [0, 0.05) is 12.2 Å². The van der Waals surface area contributed by atoms with Crippen molar-refractivity contribution in [2.45, 2.75) is 58.7 Å². The van der Waals surface area contributed by atoms with E-state index in [4.69, 9.17) is 15.2 Å². The number of nitrogens with two attached hydrogens (primary N) is 1. The first-order valence-corrected chi connectivity index (χ1v) is 11.9. The average Bonchev–Trinajstić information content (AvgIpc) is 2.81. The molecule has 0 spiro atoms. The Hall–Kier alpha value is -4.08. The first kappa shape index (κ1) is 29.2. The summed E-state index contributed by atoms with van der Waals surface area (Å²) in [7, 11) is 1.54. The summed E-state index contributed by atoms with van der Waals surface area (Å²) < 4.78 is 10.4. The van der Waals surface area contributed by atoms with Gasteiger partial charge in [-0.1, -0.05) is 29.8 Å². The Morgan fingerprint density at radius 3 is 2.08 bits per heavy atom. The molecule has 0 saturated carbocycles. The Kier molecular flexibility index (Phi) is 10.0. The van der Waals surface area contributed by atoms with E-state index in [-0.39, 0.29) is 6.54 Å². The molecule has 0 aromatic heterocycles. The molecule has 200 valence electrons. The Morgan fingerprint density at radius 2 is 1.59 bits per heavy atom. The minimum absolute atomic E-state index is 0.110. The van der Waals surface area contributed by atoms with Gasteiger partial charge in [0.05, 0.1) is 13.5 Å². The predicted molar refractivity (Wildman–Crippen MR) is 140 cm³/mol. The van der Waals surface area contributed by atoms with Crippen LogP contribution in [0.2, 0.25) is 0 Å². The van der Waals surface area contributed by atoms with E-state index in [1.807, 2.05) is 19.1 Å². The van der Waals surface area contributed by atoms with Gasteiger partial charge in [-0.25, -0.2) is 4.79 Å². The number of hydrogen-bond acceptors (Lipinski definition) is 6. The molecule has 0 heterocycles. The van der Waals surface area contributed by atoms with Crippen LogP contribution in [-0.4, -0.2) is 54.0 Å². The van der Waals surface area contributed by atoms with Gasteiger partial charge in [0.15, 0.2) is 0 Å². The van der Waals surface area contributed by atoms with E-state index in [2.05, 4.69) is 10.6 Å². The largest absolute Gasteiger partial charge is 0.497 e. The van der Waals surface area contributed by atoms with Crippen molar-refractivity contribution in [3.8, 4) is 5.75 Å². The van der Waals surface area contributed by atoms with Crippen molar-refractivity contribution in [3.05, 3.63) is 59.7 Å². The van der Waals surface area contributed by atoms with E-state index in [1.54, 1.807) is 71.2 Å². The highest BCUT2D eigenvalue weighted by Gasteiger charge is 2.36. The highest BCUT2D eigenvalue weighted by Crippen LogP contribution is 2.26. The molecule has 10 nitrogen and oxygen atoms in total. The average molecular weight is 513 g/mol. The maximum absolute atomic E-state index is 13.7. The lowest BCUT2D eigenvalue weighted by molar-refractivity contribution is -0.141. The van der Waals surface area contributed by atoms with E-state index in [9.17, 15) is 19.2 Å². The van der Waals surface area contributed by atoms with Gasteiger partial charge in [-0.2, -0.15) is 0 Å². The molecule has 2 rings (SSSR count). The number of aryl methyl sites for hydroxylation is 1. The smallest absolute Gasteiger partial charge is 0.408 e. The quantitative estimate of drug-likeness (QED) is 0.446. The minimum Gasteiger partial charge on any atom is -0.497 e. The lowest BCUT2D eigenvalue weighted by Gasteiger charge is -2.33. The number of nitrogens with one attached hydrogen (secondary N) is 2. The molecular formula is C27H36N4O6. The number of carbonyl (C=O) groups is 4. The standard InChI is InChI=1S/C27H36N4O6/c1-7-31(25(34)21(16-22(28)32)30-26(35)37-27(3,4)5)23(18-10-8-17(2)9-11-18)24(33)29-19-12-14-20(36-6)15-13-19/h8-15,21,23H,7,16H2,1-6H3,(H2,28,32)(H,29,33)(H,30,35). The molecule has 0 fully saturated rings. The molecule has 0 aliphatic heterocycles. The Bertz CT molecular complexity index is 1090. The van der Waals surface area contributed by atoms with Gasteiger partial charge in [-0.3, -0.25) is 14.4 Å². The summed E-state index contributed by atoms with van der Waals surface area (Å²) in [5.41, 5.74) is 6.59. The highest BCUT2D eigenvalue weighted by atomic mass is 16.6. The molecule has 4 N–H and O–H groups in total. The molecule has 2 aromatic carbocycles. The third kappa shape index (κ3) is 8.82. The highest BCUT2D eigenvalue weighted by molar-refractivity contribution is 5.99. The fraction of sp³-hybridized carbons (Fsp3) is 0.407. The molecule has 2 atom stereocenters. The normalized spacial score (nSPS) is 12.6. The van der Waals surface area contributed by atoms with Crippen LogP contribution in [0.15, 0.2) is 48.5 Å². The zero-order valence-electron chi connectivity index (χ0n) is 22.2. The van der Waals surface area contributed by atoms with E-state index in [1.165, 1.54) is 4.90 Å². The van der Waals surface area contributed by atoms with Gasteiger partial charge in [-0.15, -0.1) is 0 Å². The monoisotopic (exact) mass is 512 g/mol. The van der Waals surface area contributed by atoms with Gasteiger partial charge >= 0.3 is 6.09 Å². The third-order valence-corrected chi connectivity index (χ3v) is 5.33. The summed E-state index contributed by atoms with van der Waals surface area (Å²) in [6.45, 7) is 8.74. The van der Waals surface area contributed by atoms with Crippen molar-refractivity contribution < 1.29 is 28.7 Å². The number of amides is 4. The molecule has 4 amide bonds. The summed E-state index contributed by atoms with van der Waals surface area (Å²) in [6, 6.07) is 11.6. The number of nitrogens with zero attached hydrogens (tertiary/aromatic N) is 1. The first-order valence-electron chi connectivity index (χ1n) is 11.9. The number of likely N-dealkylation sites (N-methyl/N-ethyl adjacent to an activating group) is 1. The Morgan fingerprint density at radius 1 is 1.00 bits per heavy atom. The van der Waals surface area contributed by atoms with E-state index >= 15 is 0 Å². The van der Waals surface area contributed by atoms with Crippen molar-refractivity contribution >= 4 is 29.5 Å². The molecule has 0 bridgehead atoms. The number of primary amides is 1. The van der Waals surface area contributed by atoms with E-state index in [0.29, 0.717) is 17.0 Å². The molecule has 0 aliphatic carbocycles. The van der Waals surface area contributed by atoms with Crippen LogP contribution in [0.1, 0.15) is 51.3 Å². The number of alkyl carbamates (subject to hydrolysis) is 1. The van der Waals surface area contributed by atoms with Gasteiger partial charge in [0.2, 0.25) is 11.8 Å². The summed E-state index contributed by atoms with van der Waals surface area (Å²) >= 11 is 0. The fourth-order valence-electron chi connectivity index (χ4n) is 3.62. The van der Waals surface area contributed by atoms with E-state index in [0.717, 1.165) is 5.56 Å². The second-order valence-electron chi connectivity index (χ2n) is 9.52. The Labute approximate surface area is 217 Å². The zero-order valence-corrected chi connectivity index (χ0v) is 22.2. The molecule has 2 aromatic rings. The molecular weight excluding hydrogens is 476 g/mol. The van der Waals surface area contributed by atoms with Crippen LogP contribution in [-0.2, 0) is 19.1 Å². The van der Waals surface area contributed by atoms with Crippen molar-refractivity contribution in [2.24, 2.45) is 5.73 Å². The van der Waals surface area contributed by atoms with Gasteiger partial charge in [-0.05, 0) is 64.4 Å². The molecule has 0 saturated heterocycles. The number of benzene rings is 2. The lowest BCUT2D eigenvalue weighted by Crippen LogP contribution is -2.53. The van der Waals surface area contributed by atoms with Crippen LogP contribution in [0.4, 0.5) is 10.5 Å². The van der Waals surface area contributed by atoms with Crippen LogP contribution in [0.3, 0.4) is 0 Å². The molecule has 0 aliphatic rings. The topological polar surface area (TPSA) is 140 Å². The SMILES string of the molecule is CCN(C(=O)C(CC(N)=O)NC(=O)OC(C)(C)C)C(C(=O)Nc1ccc(OC)cc1)c1ccc(C)cc1. The first-order chi connectivity index (χ1) is 17.3. The molecule has 10 heteroatoms. The lowest BCUT2D eigenvalue weighted by atomic mass is 10.0.